The highest BCUT2D eigenvalue weighted by atomic mass is 19.3. The molecular weight excluding hydrogens is 184 g/mol. The van der Waals surface area contributed by atoms with Crippen molar-refractivity contribution in [2.24, 2.45) is 23.0 Å². The maximum atomic E-state index is 13.7. The molecule has 3 heteroatoms. The van der Waals surface area contributed by atoms with E-state index in [9.17, 15) is 8.78 Å². The van der Waals surface area contributed by atoms with E-state index in [4.69, 9.17) is 5.73 Å². The lowest BCUT2D eigenvalue weighted by molar-refractivity contribution is 0.0398. The van der Waals surface area contributed by atoms with E-state index < -0.39 is 11.3 Å². The minimum Gasteiger partial charge on any atom is -0.328 e. The zero-order valence-corrected chi connectivity index (χ0v) is 8.89. The maximum Gasteiger partial charge on any atom is 0.257 e. The summed E-state index contributed by atoms with van der Waals surface area (Å²) in [4.78, 5) is 0. The standard InChI is InChI=1S/C11H19F2N/c1-7(2)9-10(11(9,12)13)5-3-8(14)4-6-10/h7-9H,3-6,14H2,1-2H3. The van der Waals surface area contributed by atoms with Gasteiger partial charge in [0, 0.05) is 17.4 Å². The van der Waals surface area contributed by atoms with Crippen LogP contribution in [-0.4, -0.2) is 12.0 Å². The summed E-state index contributed by atoms with van der Waals surface area (Å²) >= 11 is 0. The zero-order chi connectivity index (χ0) is 10.6. The van der Waals surface area contributed by atoms with Crippen molar-refractivity contribution in [3.05, 3.63) is 0 Å². The molecule has 0 aromatic carbocycles. The molecule has 1 nitrogen and oxygen atoms in total. The van der Waals surface area contributed by atoms with E-state index in [0.717, 1.165) is 12.8 Å². The summed E-state index contributed by atoms with van der Waals surface area (Å²) in [6.07, 6.45) is 2.81. The van der Waals surface area contributed by atoms with Crippen LogP contribution >= 0.6 is 0 Å². The van der Waals surface area contributed by atoms with Crippen molar-refractivity contribution in [1.29, 1.82) is 0 Å². The second kappa shape index (κ2) is 2.91. The Morgan fingerprint density at radius 1 is 1.21 bits per heavy atom. The van der Waals surface area contributed by atoms with Gasteiger partial charge in [0.05, 0.1) is 0 Å². The number of hydrogen-bond donors (Lipinski definition) is 1. The van der Waals surface area contributed by atoms with E-state index in [-0.39, 0.29) is 17.9 Å². The van der Waals surface area contributed by atoms with Crippen LogP contribution in [0.2, 0.25) is 0 Å². The first-order valence-corrected chi connectivity index (χ1v) is 5.55. The quantitative estimate of drug-likeness (QED) is 0.696. The molecule has 2 rings (SSSR count). The van der Waals surface area contributed by atoms with Crippen molar-refractivity contribution in [3.63, 3.8) is 0 Å². The van der Waals surface area contributed by atoms with E-state index in [1.807, 2.05) is 13.8 Å². The highest BCUT2D eigenvalue weighted by Gasteiger charge is 2.79. The van der Waals surface area contributed by atoms with E-state index in [2.05, 4.69) is 0 Å². The smallest absolute Gasteiger partial charge is 0.257 e. The Bertz CT molecular complexity index is 229. The molecule has 0 aromatic rings. The Balaban J connectivity index is 2.12. The molecule has 1 unspecified atom stereocenters. The maximum absolute atomic E-state index is 13.7. The van der Waals surface area contributed by atoms with Gasteiger partial charge in [-0.3, -0.25) is 0 Å². The predicted octanol–water partition coefficient (Wildman–Crippen LogP) is 2.80. The number of rotatable bonds is 1. The largest absolute Gasteiger partial charge is 0.328 e. The van der Waals surface area contributed by atoms with Gasteiger partial charge in [0.1, 0.15) is 0 Å². The summed E-state index contributed by atoms with van der Waals surface area (Å²) in [5, 5.41) is 0. The van der Waals surface area contributed by atoms with Crippen LogP contribution in [0.1, 0.15) is 39.5 Å². The van der Waals surface area contributed by atoms with Crippen molar-refractivity contribution in [1.82, 2.24) is 0 Å². The fraction of sp³-hybridized carbons (Fsp3) is 1.00. The van der Waals surface area contributed by atoms with Crippen molar-refractivity contribution in [3.8, 4) is 0 Å². The van der Waals surface area contributed by atoms with Crippen molar-refractivity contribution in [2.45, 2.75) is 51.5 Å². The second-order valence-corrected chi connectivity index (χ2v) is 5.34. The lowest BCUT2D eigenvalue weighted by atomic mass is 9.80. The van der Waals surface area contributed by atoms with Gasteiger partial charge in [-0.05, 0) is 31.6 Å². The third-order valence-corrected chi connectivity index (χ3v) is 4.16. The molecule has 2 fully saturated rings. The molecule has 0 amide bonds. The summed E-state index contributed by atoms with van der Waals surface area (Å²) in [5.41, 5.74) is 5.08. The molecule has 2 aliphatic carbocycles. The van der Waals surface area contributed by atoms with E-state index in [1.54, 1.807) is 0 Å². The molecule has 0 radical (unpaired) electrons. The first-order valence-electron chi connectivity index (χ1n) is 5.55. The van der Waals surface area contributed by atoms with Gasteiger partial charge < -0.3 is 5.73 Å². The van der Waals surface area contributed by atoms with Crippen LogP contribution in [0.5, 0.6) is 0 Å². The van der Waals surface area contributed by atoms with Gasteiger partial charge in [-0.15, -0.1) is 0 Å². The van der Waals surface area contributed by atoms with Gasteiger partial charge in [0.2, 0.25) is 0 Å². The van der Waals surface area contributed by atoms with Crippen LogP contribution in [-0.2, 0) is 0 Å². The SMILES string of the molecule is CC(C)C1C(F)(F)C12CCC(N)CC2. The molecule has 14 heavy (non-hydrogen) atoms. The van der Waals surface area contributed by atoms with E-state index >= 15 is 0 Å². The number of hydrogen-bond acceptors (Lipinski definition) is 1. The average molecular weight is 203 g/mol. The third-order valence-electron chi connectivity index (χ3n) is 4.16. The first kappa shape index (κ1) is 10.3. The van der Waals surface area contributed by atoms with Gasteiger partial charge in [-0.25, -0.2) is 8.78 Å². The molecule has 82 valence electrons. The normalized spacial score (nSPS) is 45.9. The van der Waals surface area contributed by atoms with Gasteiger partial charge in [-0.1, -0.05) is 13.8 Å². The van der Waals surface area contributed by atoms with Crippen molar-refractivity contribution in [2.75, 3.05) is 0 Å². The average Bonchev–Trinajstić information content (AvgIpc) is 2.54. The molecule has 2 N–H and O–H groups in total. The van der Waals surface area contributed by atoms with Crippen molar-refractivity contribution < 1.29 is 8.78 Å². The Hall–Kier alpha value is -0.180. The molecule has 0 aliphatic heterocycles. The molecule has 1 spiro atoms. The van der Waals surface area contributed by atoms with Gasteiger partial charge in [0.15, 0.2) is 0 Å². The van der Waals surface area contributed by atoms with Crippen LogP contribution in [0.3, 0.4) is 0 Å². The van der Waals surface area contributed by atoms with Crippen LogP contribution in [0, 0.1) is 17.3 Å². The highest BCUT2D eigenvalue weighted by Crippen LogP contribution is 2.74. The van der Waals surface area contributed by atoms with Crippen molar-refractivity contribution >= 4 is 0 Å². The van der Waals surface area contributed by atoms with E-state index in [0.29, 0.717) is 12.8 Å². The Kier molecular flexibility index (Phi) is 2.15. The Labute approximate surface area is 84.0 Å². The van der Waals surface area contributed by atoms with Crippen LogP contribution in [0.15, 0.2) is 0 Å². The van der Waals surface area contributed by atoms with Gasteiger partial charge >= 0.3 is 0 Å². The molecule has 2 saturated carbocycles. The molecule has 1 atom stereocenters. The third kappa shape index (κ3) is 1.14. The predicted molar refractivity (Wildman–Crippen MR) is 52.2 cm³/mol. The molecule has 0 heterocycles. The zero-order valence-electron chi connectivity index (χ0n) is 8.89. The van der Waals surface area contributed by atoms with Gasteiger partial charge in [-0.2, -0.15) is 0 Å². The topological polar surface area (TPSA) is 26.0 Å². The fourth-order valence-electron chi connectivity index (χ4n) is 3.40. The minimum atomic E-state index is -2.42. The molecule has 0 saturated heterocycles. The second-order valence-electron chi connectivity index (χ2n) is 5.34. The monoisotopic (exact) mass is 203 g/mol. The molecule has 2 aliphatic rings. The summed E-state index contributed by atoms with van der Waals surface area (Å²) in [7, 11) is 0. The Morgan fingerprint density at radius 2 is 1.71 bits per heavy atom. The lowest BCUT2D eigenvalue weighted by Crippen LogP contribution is -2.30. The first-order chi connectivity index (χ1) is 6.42. The number of halogens is 2. The summed E-state index contributed by atoms with van der Waals surface area (Å²) in [6, 6.07) is 0.157. The minimum absolute atomic E-state index is 0.0966. The summed E-state index contributed by atoms with van der Waals surface area (Å²) in [5.74, 6) is -2.71. The number of alkyl halides is 2. The molecule has 0 bridgehead atoms. The molecule has 0 aromatic heterocycles. The Morgan fingerprint density at radius 3 is 2.07 bits per heavy atom. The highest BCUT2D eigenvalue weighted by molar-refractivity contribution is 5.19. The van der Waals surface area contributed by atoms with Crippen LogP contribution in [0.4, 0.5) is 8.78 Å². The van der Waals surface area contributed by atoms with E-state index in [1.165, 1.54) is 0 Å². The lowest BCUT2D eigenvalue weighted by Gasteiger charge is -2.27. The summed E-state index contributed by atoms with van der Waals surface area (Å²) in [6.45, 7) is 3.81. The number of nitrogens with two attached hydrogens (primary N) is 1. The van der Waals surface area contributed by atoms with Crippen LogP contribution in [0.25, 0.3) is 0 Å². The summed E-state index contributed by atoms with van der Waals surface area (Å²) < 4.78 is 27.3. The van der Waals surface area contributed by atoms with Crippen LogP contribution < -0.4 is 5.73 Å². The van der Waals surface area contributed by atoms with Gasteiger partial charge in [0.25, 0.3) is 5.92 Å². The fourth-order valence-corrected chi connectivity index (χ4v) is 3.40. The molecular formula is C11H19F2N.